The SMILES string of the molecule is CSCCNC(C)c1cnc(C)nc1C. The Bertz CT molecular complexity index is 315. The van der Waals surface area contributed by atoms with Gasteiger partial charge >= 0.3 is 0 Å². The molecule has 4 heteroatoms. The van der Waals surface area contributed by atoms with Gasteiger partial charge in [0.25, 0.3) is 0 Å². The molecule has 0 fully saturated rings. The zero-order valence-corrected chi connectivity index (χ0v) is 10.7. The highest BCUT2D eigenvalue weighted by Gasteiger charge is 2.08. The smallest absolute Gasteiger partial charge is 0.125 e. The van der Waals surface area contributed by atoms with Gasteiger partial charge in [0, 0.05) is 35.8 Å². The lowest BCUT2D eigenvalue weighted by Crippen LogP contribution is -2.22. The lowest BCUT2D eigenvalue weighted by Gasteiger charge is -2.15. The van der Waals surface area contributed by atoms with Crippen LogP contribution < -0.4 is 5.32 Å². The van der Waals surface area contributed by atoms with Crippen molar-refractivity contribution in [2.75, 3.05) is 18.6 Å². The van der Waals surface area contributed by atoms with E-state index in [9.17, 15) is 0 Å². The third-order valence-corrected chi connectivity index (χ3v) is 2.97. The first kappa shape index (κ1) is 12.5. The number of thioether (sulfide) groups is 1. The average Bonchev–Trinajstić information content (AvgIpc) is 2.17. The Morgan fingerprint density at radius 3 is 2.80 bits per heavy atom. The molecule has 0 amide bonds. The molecule has 0 aromatic carbocycles. The second-order valence-electron chi connectivity index (χ2n) is 3.63. The van der Waals surface area contributed by atoms with E-state index >= 15 is 0 Å². The molecular weight excluding hydrogens is 206 g/mol. The second kappa shape index (κ2) is 6.08. The second-order valence-corrected chi connectivity index (χ2v) is 4.61. The Labute approximate surface area is 96.1 Å². The van der Waals surface area contributed by atoms with Crippen LogP contribution >= 0.6 is 11.8 Å². The Kier molecular flexibility index (Phi) is 5.05. The van der Waals surface area contributed by atoms with E-state index in [1.54, 1.807) is 0 Å². The van der Waals surface area contributed by atoms with E-state index in [1.165, 1.54) is 5.56 Å². The van der Waals surface area contributed by atoms with Crippen LogP contribution in [0.5, 0.6) is 0 Å². The molecular formula is C11H19N3S. The van der Waals surface area contributed by atoms with Crippen LogP contribution in [0.3, 0.4) is 0 Å². The normalized spacial score (nSPS) is 12.8. The fourth-order valence-corrected chi connectivity index (χ4v) is 1.83. The minimum Gasteiger partial charge on any atom is -0.309 e. The molecule has 1 rings (SSSR count). The van der Waals surface area contributed by atoms with Gasteiger partial charge in [-0.05, 0) is 27.0 Å². The minimum atomic E-state index is 0.331. The van der Waals surface area contributed by atoms with E-state index in [4.69, 9.17) is 0 Å². The summed E-state index contributed by atoms with van der Waals surface area (Å²) >= 11 is 1.85. The van der Waals surface area contributed by atoms with Crippen LogP contribution in [0.4, 0.5) is 0 Å². The Balaban J connectivity index is 2.61. The minimum absolute atomic E-state index is 0.331. The van der Waals surface area contributed by atoms with E-state index in [1.807, 2.05) is 31.8 Å². The summed E-state index contributed by atoms with van der Waals surface area (Å²) in [5.74, 6) is 1.98. The topological polar surface area (TPSA) is 37.8 Å². The molecule has 0 aliphatic rings. The van der Waals surface area contributed by atoms with Crippen molar-refractivity contribution in [3.05, 3.63) is 23.3 Å². The first-order chi connectivity index (χ1) is 7.15. The maximum Gasteiger partial charge on any atom is 0.125 e. The Morgan fingerprint density at radius 1 is 1.47 bits per heavy atom. The Morgan fingerprint density at radius 2 is 2.20 bits per heavy atom. The third-order valence-electron chi connectivity index (χ3n) is 2.36. The van der Waals surface area contributed by atoms with E-state index in [-0.39, 0.29) is 0 Å². The van der Waals surface area contributed by atoms with Crippen LogP contribution in [-0.4, -0.2) is 28.5 Å². The highest BCUT2D eigenvalue weighted by atomic mass is 32.2. The molecule has 1 N–H and O–H groups in total. The van der Waals surface area contributed by atoms with Crippen molar-refractivity contribution in [2.45, 2.75) is 26.8 Å². The summed E-state index contributed by atoms with van der Waals surface area (Å²) in [5.41, 5.74) is 2.27. The highest BCUT2D eigenvalue weighted by molar-refractivity contribution is 7.98. The lowest BCUT2D eigenvalue weighted by molar-refractivity contribution is 0.592. The molecule has 1 aromatic heterocycles. The first-order valence-corrected chi connectivity index (χ1v) is 6.57. The van der Waals surface area contributed by atoms with Gasteiger partial charge in [-0.15, -0.1) is 0 Å². The number of rotatable bonds is 5. The molecule has 0 aliphatic carbocycles. The number of hydrogen-bond donors (Lipinski definition) is 1. The van der Waals surface area contributed by atoms with Crippen molar-refractivity contribution >= 4 is 11.8 Å². The molecule has 1 unspecified atom stereocenters. The molecule has 0 saturated carbocycles. The van der Waals surface area contributed by atoms with Crippen molar-refractivity contribution in [2.24, 2.45) is 0 Å². The number of nitrogens with zero attached hydrogens (tertiary/aromatic N) is 2. The van der Waals surface area contributed by atoms with Crippen LogP contribution in [0, 0.1) is 13.8 Å². The van der Waals surface area contributed by atoms with Gasteiger partial charge < -0.3 is 5.32 Å². The molecule has 0 aliphatic heterocycles. The Hall–Kier alpha value is -0.610. The maximum atomic E-state index is 4.37. The monoisotopic (exact) mass is 225 g/mol. The number of hydrogen-bond acceptors (Lipinski definition) is 4. The summed E-state index contributed by atoms with van der Waals surface area (Å²) in [6, 6.07) is 0.331. The molecule has 0 radical (unpaired) electrons. The molecule has 1 aromatic rings. The molecule has 0 spiro atoms. The van der Waals surface area contributed by atoms with Crippen LogP contribution in [0.25, 0.3) is 0 Å². The molecule has 1 atom stereocenters. The maximum absolute atomic E-state index is 4.37. The van der Waals surface area contributed by atoms with E-state index in [2.05, 4.69) is 28.5 Å². The number of aromatic nitrogens is 2. The molecule has 0 saturated heterocycles. The van der Waals surface area contributed by atoms with Crippen molar-refractivity contribution in [3.63, 3.8) is 0 Å². The van der Waals surface area contributed by atoms with Crippen molar-refractivity contribution in [3.8, 4) is 0 Å². The van der Waals surface area contributed by atoms with Gasteiger partial charge in [0.15, 0.2) is 0 Å². The fourth-order valence-electron chi connectivity index (χ4n) is 1.51. The van der Waals surface area contributed by atoms with E-state index in [0.717, 1.165) is 23.8 Å². The van der Waals surface area contributed by atoms with Gasteiger partial charge in [0.05, 0.1) is 0 Å². The fraction of sp³-hybridized carbons (Fsp3) is 0.636. The van der Waals surface area contributed by atoms with Crippen LogP contribution in [0.15, 0.2) is 6.20 Å². The van der Waals surface area contributed by atoms with Gasteiger partial charge in [-0.2, -0.15) is 11.8 Å². The molecule has 3 nitrogen and oxygen atoms in total. The van der Waals surface area contributed by atoms with Gasteiger partial charge in [-0.3, -0.25) is 0 Å². The number of nitrogens with one attached hydrogen (secondary N) is 1. The summed E-state index contributed by atoms with van der Waals surface area (Å²) in [6.07, 6.45) is 4.04. The summed E-state index contributed by atoms with van der Waals surface area (Å²) in [7, 11) is 0. The molecule has 0 bridgehead atoms. The summed E-state index contributed by atoms with van der Waals surface area (Å²) in [4.78, 5) is 8.60. The third kappa shape index (κ3) is 3.80. The summed E-state index contributed by atoms with van der Waals surface area (Å²) < 4.78 is 0. The average molecular weight is 225 g/mol. The molecule has 84 valence electrons. The quantitative estimate of drug-likeness (QED) is 0.779. The number of aryl methyl sites for hydroxylation is 2. The summed E-state index contributed by atoms with van der Waals surface area (Å²) in [5, 5.41) is 3.46. The molecule has 15 heavy (non-hydrogen) atoms. The lowest BCUT2D eigenvalue weighted by atomic mass is 10.1. The van der Waals surface area contributed by atoms with Crippen LogP contribution in [0.1, 0.15) is 30.0 Å². The summed E-state index contributed by atoms with van der Waals surface area (Å²) in [6.45, 7) is 7.14. The van der Waals surface area contributed by atoms with Gasteiger partial charge in [0.2, 0.25) is 0 Å². The predicted octanol–water partition coefficient (Wildman–Crippen LogP) is 2.11. The molecule has 1 heterocycles. The predicted molar refractivity (Wildman–Crippen MR) is 66.3 cm³/mol. The van der Waals surface area contributed by atoms with Crippen molar-refractivity contribution in [1.29, 1.82) is 0 Å². The highest BCUT2D eigenvalue weighted by Crippen LogP contribution is 2.14. The van der Waals surface area contributed by atoms with Gasteiger partial charge in [-0.25, -0.2) is 9.97 Å². The van der Waals surface area contributed by atoms with E-state index in [0.29, 0.717) is 6.04 Å². The van der Waals surface area contributed by atoms with Gasteiger partial charge in [0.1, 0.15) is 5.82 Å². The standard InChI is InChI=1S/C11H19N3S/c1-8(12-5-6-15-4)11-7-13-10(3)14-9(11)2/h7-8,12H,5-6H2,1-4H3. The zero-order valence-electron chi connectivity index (χ0n) is 9.87. The zero-order chi connectivity index (χ0) is 11.3. The van der Waals surface area contributed by atoms with Crippen molar-refractivity contribution < 1.29 is 0 Å². The van der Waals surface area contributed by atoms with Gasteiger partial charge in [-0.1, -0.05) is 0 Å². The largest absolute Gasteiger partial charge is 0.309 e. The van der Waals surface area contributed by atoms with E-state index < -0.39 is 0 Å². The van der Waals surface area contributed by atoms with Crippen molar-refractivity contribution in [1.82, 2.24) is 15.3 Å². The van der Waals surface area contributed by atoms with Crippen LogP contribution in [0.2, 0.25) is 0 Å². The first-order valence-electron chi connectivity index (χ1n) is 5.17. The van der Waals surface area contributed by atoms with Crippen LogP contribution in [-0.2, 0) is 0 Å².